The van der Waals surface area contributed by atoms with Crippen molar-refractivity contribution in [3.8, 4) is 0 Å². The van der Waals surface area contributed by atoms with Crippen molar-refractivity contribution in [3.05, 3.63) is 33.6 Å². The minimum Gasteiger partial charge on any atom is -0.477 e. The van der Waals surface area contributed by atoms with Crippen molar-refractivity contribution in [2.75, 3.05) is 23.7 Å². The van der Waals surface area contributed by atoms with E-state index < -0.39 is 39.7 Å². The summed E-state index contributed by atoms with van der Waals surface area (Å²) >= 11 is 0. The third-order valence-corrected chi connectivity index (χ3v) is 4.52. The van der Waals surface area contributed by atoms with Gasteiger partial charge >= 0.3 is 5.97 Å². The van der Waals surface area contributed by atoms with Crippen molar-refractivity contribution >= 4 is 40.7 Å². The van der Waals surface area contributed by atoms with Crippen LogP contribution in [0.25, 0.3) is 10.9 Å². The number of anilines is 2. The molecule has 1 fully saturated rings. The summed E-state index contributed by atoms with van der Waals surface area (Å²) in [6.07, 6.45) is 1.63. The summed E-state index contributed by atoms with van der Waals surface area (Å²) in [5.74, 6) is -3.49. The summed E-state index contributed by atoms with van der Waals surface area (Å²) in [5.41, 5.74) is 8.91. The predicted molar refractivity (Wildman–Crippen MR) is 97.2 cm³/mol. The minimum absolute atomic E-state index is 0. The number of hydrogen-bond donors (Lipinski definition) is 3. The highest BCUT2D eigenvalue weighted by Crippen LogP contribution is 2.36. The Morgan fingerprint density at radius 1 is 1.38 bits per heavy atom. The lowest BCUT2D eigenvalue weighted by molar-refractivity contribution is 0.0695. The van der Waals surface area contributed by atoms with E-state index in [1.54, 1.807) is 6.92 Å². The van der Waals surface area contributed by atoms with Gasteiger partial charge in [-0.15, -0.1) is 12.4 Å². The Balaban J connectivity index is 0.00000243. The first-order valence-corrected chi connectivity index (χ1v) is 7.85. The van der Waals surface area contributed by atoms with Crippen LogP contribution in [0.5, 0.6) is 0 Å². The second-order valence-corrected chi connectivity index (χ2v) is 6.07. The van der Waals surface area contributed by atoms with E-state index >= 15 is 4.39 Å². The first kappa shape index (κ1) is 19.9. The summed E-state index contributed by atoms with van der Waals surface area (Å²) in [6, 6.07) is -0.210. The highest BCUT2D eigenvalue weighted by Gasteiger charge is 2.30. The lowest BCUT2D eigenvalue weighted by Gasteiger charge is -2.23. The number of nitrogen functional groups attached to an aromatic ring is 1. The number of hydrogen-bond acceptors (Lipinski definition) is 5. The van der Waals surface area contributed by atoms with Crippen LogP contribution in [0.15, 0.2) is 11.0 Å². The standard InChI is InChI=1S/C16H18F2N4O3.ClH/c1-2-21-6-8(16(24)25)15(23)9-12(20)10(17)14(11(18)13(9)21)22-4-3-7(19)5-22;/h6-7H,2-5,19-20H2,1H3,(H,24,25);1H. The van der Waals surface area contributed by atoms with Gasteiger partial charge in [0.2, 0.25) is 5.43 Å². The van der Waals surface area contributed by atoms with E-state index in [0.29, 0.717) is 13.0 Å². The quantitative estimate of drug-likeness (QED) is 0.687. The number of halogens is 3. The molecule has 26 heavy (non-hydrogen) atoms. The fraction of sp³-hybridized carbons (Fsp3) is 0.375. The molecule has 0 spiro atoms. The van der Waals surface area contributed by atoms with Gasteiger partial charge in [-0.1, -0.05) is 0 Å². The molecule has 1 unspecified atom stereocenters. The van der Waals surface area contributed by atoms with Gasteiger partial charge in [0.1, 0.15) is 11.3 Å². The van der Waals surface area contributed by atoms with Gasteiger partial charge in [-0.3, -0.25) is 4.79 Å². The molecule has 0 aliphatic carbocycles. The van der Waals surface area contributed by atoms with Crippen molar-refractivity contribution in [1.82, 2.24) is 4.57 Å². The molecular weight excluding hydrogens is 370 g/mol. The van der Waals surface area contributed by atoms with Gasteiger partial charge in [-0.2, -0.15) is 0 Å². The topological polar surface area (TPSA) is 115 Å². The van der Waals surface area contributed by atoms with Crippen LogP contribution in [-0.2, 0) is 6.54 Å². The number of carboxylic acids is 1. The Kier molecular flexibility index (Phi) is 5.43. The van der Waals surface area contributed by atoms with E-state index in [-0.39, 0.29) is 42.7 Å². The number of rotatable bonds is 3. The summed E-state index contributed by atoms with van der Waals surface area (Å²) in [4.78, 5) is 25.1. The Bertz CT molecular complexity index is 948. The first-order chi connectivity index (χ1) is 11.8. The molecule has 0 bridgehead atoms. The van der Waals surface area contributed by atoms with Crippen LogP contribution in [0, 0.1) is 11.6 Å². The maximum absolute atomic E-state index is 15.2. The highest BCUT2D eigenvalue weighted by molar-refractivity contribution is 5.99. The Labute approximate surface area is 153 Å². The maximum Gasteiger partial charge on any atom is 0.341 e. The number of nitrogens with zero attached hydrogens (tertiary/aromatic N) is 2. The number of carboxylic acid groups (broad SMARTS) is 1. The van der Waals surface area contributed by atoms with Crippen molar-refractivity contribution < 1.29 is 18.7 Å². The number of nitrogens with two attached hydrogens (primary N) is 2. The van der Waals surface area contributed by atoms with Crippen LogP contribution in [-0.4, -0.2) is 34.8 Å². The predicted octanol–water partition coefficient (Wildman–Crippen LogP) is 1.54. The van der Waals surface area contributed by atoms with Crippen LogP contribution in [0.2, 0.25) is 0 Å². The van der Waals surface area contributed by atoms with Gasteiger partial charge in [0, 0.05) is 31.9 Å². The van der Waals surface area contributed by atoms with Gasteiger partial charge < -0.3 is 26.0 Å². The molecule has 1 aromatic heterocycles. The zero-order chi connectivity index (χ0) is 18.5. The second kappa shape index (κ2) is 7.08. The number of aromatic carboxylic acids is 1. The lowest BCUT2D eigenvalue weighted by atomic mass is 10.1. The highest BCUT2D eigenvalue weighted by atomic mass is 35.5. The zero-order valence-electron chi connectivity index (χ0n) is 14.0. The molecule has 0 saturated carbocycles. The molecule has 1 aliphatic rings. The van der Waals surface area contributed by atoms with Crippen LogP contribution < -0.4 is 21.8 Å². The van der Waals surface area contributed by atoms with E-state index in [2.05, 4.69) is 0 Å². The lowest BCUT2D eigenvalue weighted by Crippen LogP contribution is -2.29. The molecule has 0 amide bonds. The summed E-state index contributed by atoms with van der Waals surface area (Å²) in [7, 11) is 0. The molecular formula is C16H19ClF2N4O3. The Hall–Kier alpha value is -2.39. The normalized spacial score (nSPS) is 16.8. The zero-order valence-corrected chi connectivity index (χ0v) is 14.8. The molecule has 0 radical (unpaired) electrons. The van der Waals surface area contributed by atoms with E-state index in [4.69, 9.17) is 16.6 Å². The van der Waals surface area contributed by atoms with E-state index in [0.717, 1.165) is 6.20 Å². The third-order valence-electron chi connectivity index (χ3n) is 4.52. The number of pyridine rings is 1. The van der Waals surface area contributed by atoms with Gasteiger partial charge in [0.15, 0.2) is 11.6 Å². The molecule has 10 heteroatoms. The minimum atomic E-state index is -1.48. The van der Waals surface area contributed by atoms with E-state index in [1.807, 2.05) is 0 Å². The molecule has 142 valence electrons. The summed E-state index contributed by atoms with van der Waals surface area (Å²) in [6.45, 7) is 2.46. The fourth-order valence-electron chi connectivity index (χ4n) is 3.27. The molecule has 2 heterocycles. The molecule has 1 aromatic carbocycles. The van der Waals surface area contributed by atoms with Gasteiger partial charge in [0.05, 0.1) is 16.6 Å². The number of fused-ring (bicyclic) bond motifs is 1. The largest absolute Gasteiger partial charge is 0.477 e. The number of benzene rings is 1. The maximum atomic E-state index is 15.2. The number of aryl methyl sites for hydroxylation is 1. The number of aromatic nitrogens is 1. The van der Waals surface area contributed by atoms with Crippen molar-refractivity contribution in [1.29, 1.82) is 0 Å². The summed E-state index contributed by atoms with van der Waals surface area (Å²) in [5, 5.41) is 8.71. The number of carbonyl (C=O) groups is 1. The van der Waals surface area contributed by atoms with Crippen molar-refractivity contribution in [2.45, 2.75) is 25.9 Å². The van der Waals surface area contributed by atoms with Gasteiger partial charge in [-0.05, 0) is 13.3 Å². The summed E-state index contributed by atoms with van der Waals surface area (Å²) < 4.78 is 31.2. The molecule has 1 aliphatic heterocycles. The molecule has 1 atom stereocenters. The van der Waals surface area contributed by atoms with Gasteiger partial charge in [-0.25, -0.2) is 13.6 Å². The molecule has 2 aromatic rings. The Morgan fingerprint density at radius 2 is 2.04 bits per heavy atom. The van der Waals surface area contributed by atoms with Crippen molar-refractivity contribution in [2.24, 2.45) is 5.73 Å². The van der Waals surface area contributed by atoms with E-state index in [1.165, 1.54) is 9.47 Å². The van der Waals surface area contributed by atoms with Gasteiger partial charge in [0.25, 0.3) is 0 Å². The van der Waals surface area contributed by atoms with Crippen molar-refractivity contribution in [3.63, 3.8) is 0 Å². The smallest absolute Gasteiger partial charge is 0.341 e. The SMILES string of the molecule is CCn1cc(C(=O)O)c(=O)c2c(N)c(F)c(N3CCC(N)C3)c(F)c21.Cl. The van der Waals surface area contributed by atoms with Crippen LogP contribution >= 0.6 is 12.4 Å². The molecule has 7 nitrogen and oxygen atoms in total. The fourth-order valence-corrected chi connectivity index (χ4v) is 3.27. The molecule has 1 saturated heterocycles. The molecule has 3 rings (SSSR count). The average Bonchev–Trinajstić information content (AvgIpc) is 2.98. The average molecular weight is 389 g/mol. The van der Waals surface area contributed by atoms with E-state index in [9.17, 15) is 14.0 Å². The monoisotopic (exact) mass is 388 g/mol. The Morgan fingerprint density at radius 3 is 2.54 bits per heavy atom. The third kappa shape index (κ3) is 2.86. The second-order valence-electron chi connectivity index (χ2n) is 6.07. The van der Waals surface area contributed by atoms with Crippen LogP contribution in [0.3, 0.4) is 0 Å². The van der Waals surface area contributed by atoms with Crippen LogP contribution in [0.4, 0.5) is 20.2 Å². The molecule has 5 N–H and O–H groups in total. The first-order valence-electron chi connectivity index (χ1n) is 7.85. The van der Waals surface area contributed by atoms with Crippen LogP contribution in [0.1, 0.15) is 23.7 Å².